The highest BCUT2D eigenvalue weighted by Crippen LogP contribution is 2.40. The fraction of sp³-hybridized carbons (Fsp3) is 0.115. The zero-order valence-electron chi connectivity index (χ0n) is 17.1. The number of carbonyl (C=O) groups is 1. The average Bonchev–Trinajstić information content (AvgIpc) is 3.24. The van der Waals surface area contributed by atoms with Crippen LogP contribution in [-0.4, -0.2) is 22.9 Å². The summed E-state index contributed by atoms with van der Waals surface area (Å²) in [5.74, 6) is -1.22. The topological polar surface area (TPSA) is 67.9 Å². The van der Waals surface area contributed by atoms with Crippen LogP contribution >= 0.6 is 0 Å². The lowest BCUT2D eigenvalue weighted by atomic mass is 9.89. The molecule has 1 atom stereocenters. The third kappa shape index (κ3) is 3.96. The van der Waals surface area contributed by atoms with E-state index in [4.69, 9.17) is 9.84 Å². The fourth-order valence-electron chi connectivity index (χ4n) is 3.74. The van der Waals surface area contributed by atoms with Gasteiger partial charge in [-0.25, -0.2) is 4.68 Å². The molecule has 0 aliphatic rings. The number of ether oxygens (including phenoxy) is 1. The number of rotatable bonds is 6. The van der Waals surface area contributed by atoms with E-state index < -0.39 is 11.9 Å². The summed E-state index contributed by atoms with van der Waals surface area (Å²) in [5, 5.41) is 14.5. The Morgan fingerprint density at radius 3 is 2.03 bits per heavy atom. The molecular weight excluding hydrogens is 386 g/mol. The van der Waals surface area contributed by atoms with E-state index in [-0.39, 0.29) is 6.42 Å². The van der Waals surface area contributed by atoms with Gasteiger partial charge in [0.2, 0.25) is 0 Å². The van der Waals surface area contributed by atoms with E-state index in [9.17, 15) is 10.1 Å². The van der Waals surface area contributed by atoms with E-state index in [2.05, 4.69) is 6.07 Å². The maximum Gasteiger partial charge on any atom is 0.314 e. The molecule has 0 N–H and O–H groups in total. The lowest BCUT2D eigenvalue weighted by Crippen LogP contribution is -2.15. The van der Waals surface area contributed by atoms with Crippen molar-refractivity contribution in [2.75, 3.05) is 7.11 Å². The van der Waals surface area contributed by atoms with Gasteiger partial charge in [0.15, 0.2) is 0 Å². The molecule has 1 unspecified atom stereocenters. The van der Waals surface area contributed by atoms with Crippen LogP contribution < -0.4 is 0 Å². The summed E-state index contributed by atoms with van der Waals surface area (Å²) >= 11 is 0. The van der Waals surface area contributed by atoms with Gasteiger partial charge in [-0.15, -0.1) is 0 Å². The van der Waals surface area contributed by atoms with Crippen LogP contribution in [0, 0.1) is 11.3 Å². The second kappa shape index (κ2) is 9.10. The lowest BCUT2D eigenvalue weighted by Gasteiger charge is -2.16. The summed E-state index contributed by atoms with van der Waals surface area (Å²) in [6.45, 7) is 0. The van der Waals surface area contributed by atoms with E-state index in [0.717, 1.165) is 22.5 Å². The summed E-state index contributed by atoms with van der Waals surface area (Å²) < 4.78 is 6.94. The van der Waals surface area contributed by atoms with Crippen molar-refractivity contribution in [3.8, 4) is 34.3 Å². The largest absolute Gasteiger partial charge is 0.469 e. The van der Waals surface area contributed by atoms with Crippen LogP contribution in [0.1, 0.15) is 17.9 Å². The third-order valence-electron chi connectivity index (χ3n) is 5.15. The van der Waals surface area contributed by atoms with E-state index in [1.807, 2.05) is 95.7 Å². The highest BCUT2D eigenvalue weighted by Gasteiger charge is 2.32. The number of benzene rings is 3. The van der Waals surface area contributed by atoms with E-state index in [1.54, 1.807) is 0 Å². The van der Waals surface area contributed by atoms with Crippen molar-refractivity contribution in [3.05, 3.63) is 96.6 Å². The first-order chi connectivity index (χ1) is 15.2. The normalized spacial score (nSPS) is 11.5. The molecule has 4 rings (SSSR count). The van der Waals surface area contributed by atoms with Gasteiger partial charge in [-0.1, -0.05) is 78.9 Å². The molecular formula is C26H21N3O2. The van der Waals surface area contributed by atoms with E-state index in [1.165, 1.54) is 7.11 Å². The van der Waals surface area contributed by atoms with Crippen LogP contribution in [0.25, 0.3) is 28.2 Å². The van der Waals surface area contributed by atoms with E-state index >= 15 is 0 Å². The Balaban J connectivity index is 2.10. The maximum atomic E-state index is 12.8. The van der Waals surface area contributed by atoms with Crippen LogP contribution in [0.3, 0.4) is 0 Å². The Hall–Kier alpha value is -4.17. The molecule has 0 aliphatic carbocycles. The Labute approximate surface area is 181 Å². The summed E-state index contributed by atoms with van der Waals surface area (Å²) in [6.07, 6.45) is -0.00712. The van der Waals surface area contributed by atoms with Gasteiger partial charge in [0.25, 0.3) is 0 Å². The van der Waals surface area contributed by atoms with Crippen molar-refractivity contribution in [2.24, 2.45) is 0 Å². The molecule has 0 saturated carbocycles. The minimum Gasteiger partial charge on any atom is -0.469 e. The van der Waals surface area contributed by atoms with Crippen LogP contribution in [0.5, 0.6) is 0 Å². The van der Waals surface area contributed by atoms with Gasteiger partial charge in [0.1, 0.15) is 0 Å². The van der Waals surface area contributed by atoms with Crippen molar-refractivity contribution >= 4 is 5.97 Å². The minimum atomic E-state index is -0.766. The van der Waals surface area contributed by atoms with Crippen molar-refractivity contribution in [3.63, 3.8) is 0 Å². The predicted molar refractivity (Wildman–Crippen MR) is 119 cm³/mol. The van der Waals surface area contributed by atoms with Gasteiger partial charge in [0.05, 0.1) is 42.6 Å². The minimum absolute atomic E-state index is 0.00712. The number of nitriles is 1. The second-order valence-electron chi connectivity index (χ2n) is 7.03. The quantitative estimate of drug-likeness (QED) is 0.403. The zero-order valence-corrected chi connectivity index (χ0v) is 17.1. The molecule has 0 fully saturated rings. The number of methoxy groups -OCH3 is 1. The van der Waals surface area contributed by atoms with E-state index in [0.29, 0.717) is 11.3 Å². The van der Waals surface area contributed by atoms with Gasteiger partial charge in [0, 0.05) is 16.7 Å². The summed E-state index contributed by atoms with van der Waals surface area (Å²) in [5.41, 5.74) is 4.77. The summed E-state index contributed by atoms with van der Waals surface area (Å²) in [6, 6.07) is 31.4. The smallest absolute Gasteiger partial charge is 0.314 e. The number of aromatic nitrogens is 2. The highest BCUT2D eigenvalue weighted by atomic mass is 16.5. The lowest BCUT2D eigenvalue weighted by molar-refractivity contribution is -0.142. The number of nitrogens with zero attached hydrogens (tertiary/aromatic N) is 3. The van der Waals surface area contributed by atoms with Gasteiger partial charge < -0.3 is 4.74 Å². The highest BCUT2D eigenvalue weighted by molar-refractivity contribution is 5.87. The van der Waals surface area contributed by atoms with Gasteiger partial charge in [-0.2, -0.15) is 10.4 Å². The maximum absolute atomic E-state index is 12.8. The number of carbonyl (C=O) groups excluding carboxylic acids is 1. The number of para-hydroxylation sites is 1. The monoisotopic (exact) mass is 407 g/mol. The molecule has 1 heterocycles. The first-order valence-corrected chi connectivity index (χ1v) is 9.98. The molecule has 0 radical (unpaired) electrons. The molecule has 0 bridgehead atoms. The molecule has 0 aliphatic heterocycles. The van der Waals surface area contributed by atoms with Gasteiger partial charge in [-0.05, 0) is 12.1 Å². The summed E-state index contributed by atoms with van der Waals surface area (Å²) in [4.78, 5) is 12.8. The molecule has 31 heavy (non-hydrogen) atoms. The summed E-state index contributed by atoms with van der Waals surface area (Å²) in [7, 11) is 1.35. The molecule has 3 aromatic carbocycles. The molecule has 0 spiro atoms. The van der Waals surface area contributed by atoms with Crippen molar-refractivity contribution < 1.29 is 9.53 Å². The van der Waals surface area contributed by atoms with Gasteiger partial charge in [-0.3, -0.25) is 4.79 Å². The molecule has 5 heteroatoms. The van der Waals surface area contributed by atoms with Crippen LogP contribution in [0.4, 0.5) is 0 Å². The molecule has 0 amide bonds. The number of hydrogen-bond acceptors (Lipinski definition) is 4. The Morgan fingerprint density at radius 1 is 0.935 bits per heavy atom. The predicted octanol–water partition coefficient (Wildman–Crippen LogP) is 5.38. The van der Waals surface area contributed by atoms with Crippen LogP contribution in [0.15, 0.2) is 91.0 Å². The number of hydrogen-bond donors (Lipinski definition) is 0. The fourth-order valence-corrected chi connectivity index (χ4v) is 3.74. The molecule has 0 saturated heterocycles. The third-order valence-corrected chi connectivity index (χ3v) is 5.15. The molecule has 152 valence electrons. The Bertz CT molecular complexity index is 1210. The number of esters is 1. The van der Waals surface area contributed by atoms with Crippen molar-refractivity contribution in [1.29, 1.82) is 5.26 Å². The second-order valence-corrected chi connectivity index (χ2v) is 7.03. The molecule has 4 aromatic rings. The Morgan fingerprint density at radius 2 is 1.48 bits per heavy atom. The molecule has 5 nitrogen and oxygen atoms in total. The van der Waals surface area contributed by atoms with Gasteiger partial charge >= 0.3 is 5.97 Å². The van der Waals surface area contributed by atoms with Crippen LogP contribution in [-0.2, 0) is 9.53 Å². The van der Waals surface area contributed by atoms with Crippen molar-refractivity contribution in [2.45, 2.75) is 12.3 Å². The first-order valence-electron chi connectivity index (χ1n) is 9.98. The molecule has 1 aromatic heterocycles. The zero-order chi connectivity index (χ0) is 21.6. The standard InChI is InChI=1S/C26H21N3O2/c1-31-26(30)22(17-18-27)23-24(19-11-5-2-6-12-19)28-29(21-15-9-4-10-16-21)25(23)20-13-7-3-8-14-20/h2-16,22H,17H2,1H3. The first kappa shape index (κ1) is 20.1. The SMILES string of the molecule is COC(=O)C(CC#N)c1c(-c2ccccc2)nn(-c2ccccc2)c1-c1ccccc1. The van der Waals surface area contributed by atoms with Crippen LogP contribution in [0.2, 0.25) is 0 Å². The average molecular weight is 407 g/mol. The Kier molecular flexibility index (Phi) is 5.91. The van der Waals surface area contributed by atoms with Crippen molar-refractivity contribution in [1.82, 2.24) is 9.78 Å².